The van der Waals surface area contributed by atoms with Crippen LogP contribution in [0.15, 0.2) is 0 Å². The summed E-state index contributed by atoms with van der Waals surface area (Å²) in [4.78, 5) is 67.3. The van der Waals surface area contributed by atoms with Gasteiger partial charge in [-0.2, -0.15) is 0 Å². The molecule has 0 aromatic carbocycles. The molecule has 1 aliphatic heterocycles. The molecule has 1 saturated heterocycles. The molecule has 1 unspecified atom stereocenters. The number of urea groups is 1. The molecule has 0 aromatic heterocycles. The summed E-state index contributed by atoms with van der Waals surface area (Å²) in [6, 6.07) is -3.30. The zero-order valence-corrected chi connectivity index (χ0v) is 26.4. The van der Waals surface area contributed by atoms with Crippen molar-refractivity contribution in [2.75, 3.05) is 6.54 Å². The summed E-state index contributed by atoms with van der Waals surface area (Å²) in [5.41, 5.74) is -0.168. The molecule has 3 aliphatic carbocycles. The van der Waals surface area contributed by atoms with Crippen LogP contribution >= 0.6 is 23.2 Å². The second-order valence-corrected chi connectivity index (χ2v) is 15.3. The maximum absolute atomic E-state index is 14.2. The van der Waals surface area contributed by atoms with E-state index in [-0.39, 0.29) is 41.7 Å². The number of rotatable bonds is 10. The second kappa shape index (κ2) is 12.4. The maximum atomic E-state index is 14.2. The first-order chi connectivity index (χ1) is 19.1. The minimum Gasteiger partial charge on any atom is -0.344 e. The first-order valence-corrected chi connectivity index (χ1v) is 16.0. The molecule has 6 atom stereocenters. The number of carbonyl (C=O) groups is 5. The van der Waals surface area contributed by atoms with E-state index in [1.54, 1.807) is 0 Å². The Morgan fingerprint density at radius 2 is 1.56 bits per heavy atom. The van der Waals surface area contributed by atoms with Crippen LogP contribution in [0.1, 0.15) is 92.4 Å². The van der Waals surface area contributed by atoms with Crippen LogP contribution in [0.3, 0.4) is 0 Å². The highest BCUT2D eigenvalue weighted by atomic mass is 35.5. The van der Waals surface area contributed by atoms with E-state index >= 15 is 0 Å². The number of alkyl halides is 2. The number of carbonyl (C=O) groups excluding carboxylic acids is 5. The maximum Gasteiger partial charge on any atom is 0.315 e. The van der Waals surface area contributed by atoms with Crippen LogP contribution in [0.4, 0.5) is 4.79 Å². The van der Waals surface area contributed by atoms with Crippen LogP contribution in [0.2, 0.25) is 0 Å². The molecule has 0 radical (unpaired) electrons. The van der Waals surface area contributed by atoms with Crippen molar-refractivity contribution in [3.63, 3.8) is 0 Å². The molecular formula is C30H46Cl2N4O5. The molecule has 1 heterocycles. The third-order valence-electron chi connectivity index (χ3n) is 9.98. The molecule has 0 spiro atoms. The summed E-state index contributed by atoms with van der Waals surface area (Å²) >= 11 is 13.1. The lowest BCUT2D eigenvalue weighted by Gasteiger charge is -2.37. The van der Waals surface area contributed by atoms with E-state index in [1.807, 2.05) is 27.7 Å². The van der Waals surface area contributed by atoms with Crippen LogP contribution < -0.4 is 16.0 Å². The summed E-state index contributed by atoms with van der Waals surface area (Å²) < 4.78 is -1.15. The van der Waals surface area contributed by atoms with Gasteiger partial charge < -0.3 is 20.9 Å². The number of piperidine rings is 1. The standard InChI is InChI=1S/C30H46Cl2N4O5/c1-16(37)25(38)21(14-18-10-9-11-18)34-26(39)24-22-20(30(22,31)32)15-36(24)27(40)23(19-12-7-6-8-13-19)35-28(41)33-17(2)29(3,4)5/h17-24H,6-15H2,1-5H3,(H,34,39)(H2,33,35,41)/t17?,20-,21-,22-,23-,24-/m0/s1. The predicted octanol–water partition coefficient (Wildman–Crippen LogP) is 4.13. The first-order valence-electron chi connectivity index (χ1n) is 15.2. The van der Waals surface area contributed by atoms with Gasteiger partial charge in [-0.15, -0.1) is 23.2 Å². The average molecular weight is 614 g/mol. The van der Waals surface area contributed by atoms with E-state index in [9.17, 15) is 24.0 Å². The first kappa shape index (κ1) is 32.1. The van der Waals surface area contributed by atoms with Gasteiger partial charge in [0.15, 0.2) is 5.78 Å². The number of halogens is 2. The third-order valence-corrected chi connectivity index (χ3v) is 11.0. The number of amides is 4. The molecule has 0 bridgehead atoms. The topological polar surface area (TPSA) is 125 Å². The van der Waals surface area contributed by atoms with Gasteiger partial charge in [-0.05, 0) is 43.4 Å². The average Bonchev–Trinajstić information content (AvgIpc) is 3.20. The summed E-state index contributed by atoms with van der Waals surface area (Å²) in [7, 11) is 0. The van der Waals surface area contributed by atoms with Crippen molar-refractivity contribution in [2.45, 2.75) is 121 Å². The molecule has 4 amide bonds. The number of hydrogen-bond acceptors (Lipinski definition) is 5. The smallest absolute Gasteiger partial charge is 0.315 e. The van der Waals surface area contributed by atoms with Gasteiger partial charge in [0.05, 0.1) is 6.04 Å². The van der Waals surface area contributed by atoms with Crippen LogP contribution in [0.25, 0.3) is 0 Å². The van der Waals surface area contributed by atoms with E-state index in [1.165, 1.54) is 11.8 Å². The molecule has 0 aromatic rings. The van der Waals surface area contributed by atoms with Crippen LogP contribution in [0.5, 0.6) is 0 Å². The van der Waals surface area contributed by atoms with E-state index in [4.69, 9.17) is 23.2 Å². The molecule has 11 heteroatoms. The van der Waals surface area contributed by atoms with Gasteiger partial charge in [0.25, 0.3) is 0 Å². The highest BCUT2D eigenvalue weighted by Gasteiger charge is 2.74. The van der Waals surface area contributed by atoms with Crippen molar-refractivity contribution in [1.82, 2.24) is 20.9 Å². The molecule has 4 rings (SSSR count). The monoisotopic (exact) mass is 612 g/mol. The van der Waals surface area contributed by atoms with E-state index in [0.717, 1.165) is 51.4 Å². The van der Waals surface area contributed by atoms with Crippen LogP contribution in [0, 0.1) is 29.1 Å². The number of ketones is 2. The second-order valence-electron chi connectivity index (χ2n) is 13.8. The molecule has 4 aliphatic rings. The highest BCUT2D eigenvalue weighted by Crippen LogP contribution is 2.65. The predicted molar refractivity (Wildman–Crippen MR) is 157 cm³/mol. The largest absolute Gasteiger partial charge is 0.344 e. The fourth-order valence-corrected chi connectivity index (χ4v) is 7.38. The Labute approximate surface area is 253 Å². The molecule has 4 fully saturated rings. The fraction of sp³-hybridized carbons (Fsp3) is 0.833. The highest BCUT2D eigenvalue weighted by molar-refractivity contribution is 6.51. The quantitative estimate of drug-likeness (QED) is 0.253. The van der Waals surface area contributed by atoms with E-state index < -0.39 is 51.9 Å². The Hall–Kier alpha value is -1.87. The van der Waals surface area contributed by atoms with Gasteiger partial charge in [0.1, 0.15) is 16.4 Å². The van der Waals surface area contributed by atoms with Gasteiger partial charge in [0.2, 0.25) is 17.6 Å². The zero-order valence-electron chi connectivity index (χ0n) is 24.9. The van der Waals surface area contributed by atoms with E-state index in [2.05, 4.69) is 16.0 Å². The van der Waals surface area contributed by atoms with Gasteiger partial charge in [0, 0.05) is 31.3 Å². The molecular weight excluding hydrogens is 567 g/mol. The lowest BCUT2D eigenvalue weighted by Crippen LogP contribution is -2.61. The molecule has 3 N–H and O–H groups in total. The minimum absolute atomic E-state index is 0.0602. The van der Waals surface area contributed by atoms with Crippen molar-refractivity contribution in [1.29, 1.82) is 0 Å². The van der Waals surface area contributed by atoms with Gasteiger partial charge in [-0.1, -0.05) is 59.3 Å². The van der Waals surface area contributed by atoms with Crippen molar-refractivity contribution in [3.8, 4) is 0 Å². The van der Waals surface area contributed by atoms with Crippen molar-refractivity contribution >= 4 is 52.6 Å². The van der Waals surface area contributed by atoms with Gasteiger partial charge >= 0.3 is 6.03 Å². The normalized spacial score (nSPS) is 28.0. The Balaban J connectivity index is 1.55. The van der Waals surface area contributed by atoms with Crippen molar-refractivity contribution < 1.29 is 24.0 Å². The third kappa shape index (κ3) is 7.03. The zero-order chi connectivity index (χ0) is 30.3. The van der Waals surface area contributed by atoms with Crippen LogP contribution in [-0.4, -0.2) is 69.4 Å². The minimum atomic E-state index is -1.15. The number of nitrogens with zero attached hydrogens (tertiary/aromatic N) is 1. The molecule has 41 heavy (non-hydrogen) atoms. The number of hydrogen-bond donors (Lipinski definition) is 3. The van der Waals surface area contributed by atoms with Gasteiger partial charge in [-0.3, -0.25) is 19.2 Å². The number of likely N-dealkylation sites (tertiary alicyclic amines) is 1. The Morgan fingerprint density at radius 3 is 2.10 bits per heavy atom. The van der Waals surface area contributed by atoms with E-state index in [0.29, 0.717) is 6.42 Å². The number of nitrogens with one attached hydrogen (secondary N) is 3. The van der Waals surface area contributed by atoms with Crippen molar-refractivity contribution in [2.24, 2.45) is 29.1 Å². The summed E-state index contributed by atoms with van der Waals surface area (Å²) in [6.07, 6.45) is 7.97. The lowest BCUT2D eigenvalue weighted by molar-refractivity contribution is -0.144. The lowest BCUT2D eigenvalue weighted by atomic mass is 9.80. The summed E-state index contributed by atoms with van der Waals surface area (Å²) in [6.45, 7) is 9.41. The SMILES string of the molecule is CC(=O)C(=O)[C@H](CC1CCC1)NC(=O)[C@@H]1[C@@H]2[C@H](CN1C(=O)[C@@H](NC(=O)NC(C)C(C)(C)C)C1CCCCC1)C2(Cl)Cl. The van der Waals surface area contributed by atoms with Gasteiger partial charge in [-0.25, -0.2) is 4.79 Å². The number of fused-ring (bicyclic) bond motifs is 1. The molecule has 9 nitrogen and oxygen atoms in total. The summed E-state index contributed by atoms with van der Waals surface area (Å²) in [5.74, 6) is -2.68. The molecule has 3 saturated carbocycles. The van der Waals surface area contributed by atoms with Crippen LogP contribution in [-0.2, 0) is 19.2 Å². The Bertz CT molecular complexity index is 1050. The fourth-order valence-electron chi connectivity index (χ4n) is 6.55. The van der Waals surface area contributed by atoms with Crippen molar-refractivity contribution in [3.05, 3.63) is 0 Å². The summed E-state index contributed by atoms with van der Waals surface area (Å²) in [5, 5.41) is 8.72. The number of Topliss-reactive ketones (excluding diaryl/α,β-unsaturated/α-hetero) is 2. The Kier molecular flexibility index (Phi) is 9.69. The molecule has 230 valence electrons. The Morgan fingerprint density at radius 1 is 0.927 bits per heavy atom.